The van der Waals surface area contributed by atoms with Gasteiger partial charge in [0, 0.05) is 11.6 Å². The molecule has 0 radical (unpaired) electrons. The molecule has 154 valence electrons. The molecule has 2 aromatic carbocycles. The highest BCUT2D eigenvalue weighted by Crippen LogP contribution is 2.44. The Morgan fingerprint density at radius 2 is 1.21 bits per heavy atom. The van der Waals surface area contributed by atoms with Crippen LogP contribution in [-0.2, 0) is 13.0 Å². The van der Waals surface area contributed by atoms with Gasteiger partial charge in [0.05, 0.1) is 0 Å². The molecule has 0 aliphatic rings. The molecule has 0 bridgehead atoms. The Labute approximate surface area is 158 Å². The van der Waals surface area contributed by atoms with Crippen LogP contribution in [0.3, 0.4) is 0 Å². The summed E-state index contributed by atoms with van der Waals surface area (Å²) in [6.07, 6.45) is -13.4. The smallest absolute Gasteiger partial charge is 0.386 e. The van der Waals surface area contributed by atoms with Gasteiger partial charge in [0.25, 0.3) is 0 Å². The fraction of sp³-hybridized carbons (Fsp3) is 0.368. The van der Waals surface area contributed by atoms with E-state index in [-0.39, 0.29) is 12.0 Å². The van der Waals surface area contributed by atoms with Crippen LogP contribution in [0.2, 0.25) is 0 Å². The molecule has 0 saturated heterocycles. The van der Waals surface area contributed by atoms with E-state index in [0.717, 1.165) is 0 Å². The normalized spacial score (nSPS) is 15.3. The predicted octanol–water partition coefficient (Wildman–Crippen LogP) is 3.97. The fourth-order valence-electron chi connectivity index (χ4n) is 2.97. The lowest BCUT2D eigenvalue weighted by molar-refractivity contribution is -1.12. The van der Waals surface area contributed by atoms with Crippen molar-refractivity contribution in [3.63, 3.8) is 0 Å². The summed E-state index contributed by atoms with van der Waals surface area (Å²) < 4.78 is 79.0. The lowest BCUT2D eigenvalue weighted by Crippen LogP contribution is -2.68. The fourth-order valence-corrected chi connectivity index (χ4v) is 2.97. The molecular weight excluding hydrogens is 386 g/mol. The summed E-state index contributed by atoms with van der Waals surface area (Å²) in [5.41, 5.74) is 6.20. The van der Waals surface area contributed by atoms with Crippen molar-refractivity contribution in [2.24, 2.45) is 5.73 Å². The number of nitrogens with zero attached hydrogens (tertiary/aromatic N) is 1. The van der Waals surface area contributed by atoms with Crippen LogP contribution >= 0.6 is 0 Å². The summed E-state index contributed by atoms with van der Waals surface area (Å²) in [6, 6.07) is 13.6. The van der Waals surface area contributed by atoms with Crippen LogP contribution < -0.4 is 5.73 Å². The maximum absolute atomic E-state index is 13.7. The predicted molar refractivity (Wildman–Crippen MR) is 91.5 cm³/mol. The second-order valence-corrected chi connectivity index (χ2v) is 6.65. The Balaban J connectivity index is 2.32. The number of nitrogens with two attached hydrogens (primary N) is 1. The third-order valence-electron chi connectivity index (χ3n) is 4.57. The highest BCUT2D eigenvalue weighted by Gasteiger charge is 2.71. The molecule has 9 heteroatoms. The van der Waals surface area contributed by atoms with Crippen LogP contribution in [0.15, 0.2) is 60.7 Å². The Morgan fingerprint density at radius 3 is 1.64 bits per heavy atom. The number of rotatable bonds is 7. The van der Waals surface area contributed by atoms with E-state index >= 15 is 0 Å². The topological polar surface area (TPSA) is 46.2 Å². The summed E-state index contributed by atoms with van der Waals surface area (Å²) in [7, 11) is 0. The number of halogens is 6. The van der Waals surface area contributed by atoms with E-state index in [0.29, 0.717) is 5.56 Å². The van der Waals surface area contributed by atoms with Gasteiger partial charge < -0.3 is 10.8 Å². The number of hydrogen-bond acceptors (Lipinski definition) is 2. The first-order valence-corrected chi connectivity index (χ1v) is 8.48. The Kier molecular flexibility index (Phi) is 6.74. The van der Waals surface area contributed by atoms with Gasteiger partial charge in [-0.05, 0) is 12.0 Å². The maximum atomic E-state index is 13.7. The van der Waals surface area contributed by atoms with Gasteiger partial charge in [-0.1, -0.05) is 60.7 Å². The van der Waals surface area contributed by atoms with Gasteiger partial charge in [0.1, 0.15) is 19.2 Å². The quantitative estimate of drug-likeness (QED) is 0.415. The van der Waals surface area contributed by atoms with Gasteiger partial charge in [0.2, 0.25) is 0 Å². The molecule has 28 heavy (non-hydrogen) atoms. The highest BCUT2D eigenvalue weighted by atomic mass is 19.4. The summed E-state index contributed by atoms with van der Waals surface area (Å²) in [4.78, 5) is 0. The third-order valence-corrected chi connectivity index (χ3v) is 4.57. The number of hydrogen-bond donors (Lipinski definition) is 2. The minimum atomic E-state index is -5.68. The van der Waals surface area contributed by atoms with Crippen molar-refractivity contribution >= 4 is 0 Å². The molecule has 0 aliphatic carbocycles. The zero-order valence-corrected chi connectivity index (χ0v) is 14.8. The van der Waals surface area contributed by atoms with Crippen molar-refractivity contribution in [2.45, 2.75) is 37.7 Å². The Morgan fingerprint density at radius 1 is 0.786 bits per heavy atom. The first-order chi connectivity index (χ1) is 13.0. The van der Waals surface area contributed by atoms with Crippen LogP contribution in [-0.4, -0.2) is 40.9 Å². The van der Waals surface area contributed by atoms with Crippen LogP contribution in [0.1, 0.15) is 11.1 Å². The van der Waals surface area contributed by atoms with Crippen LogP contribution in [0.4, 0.5) is 26.3 Å². The minimum Gasteiger partial charge on any atom is -0.386 e. The SMILES string of the molecule is N[C@@H](Cc1ccccc1)[C@H](O)C[N+](Cc1ccccc1)(C(F)(F)F)C(F)(F)F. The highest BCUT2D eigenvalue weighted by molar-refractivity contribution is 5.16. The summed E-state index contributed by atoms with van der Waals surface area (Å²) in [5.74, 6) is 0. The van der Waals surface area contributed by atoms with Crippen molar-refractivity contribution in [2.75, 3.05) is 6.54 Å². The average molecular weight is 407 g/mol. The first kappa shape index (κ1) is 22.2. The zero-order valence-electron chi connectivity index (χ0n) is 14.8. The molecule has 0 unspecified atom stereocenters. The first-order valence-electron chi connectivity index (χ1n) is 8.48. The largest absolute Gasteiger partial charge is 0.568 e. The van der Waals surface area contributed by atoms with Crippen molar-refractivity contribution in [1.29, 1.82) is 0 Å². The van der Waals surface area contributed by atoms with Gasteiger partial charge in [-0.2, -0.15) is 0 Å². The number of aliphatic hydroxyl groups is 1. The molecule has 2 aromatic rings. The van der Waals surface area contributed by atoms with Gasteiger partial charge in [0.15, 0.2) is 0 Å². The van der Waals surface area contributed by atoms with Crippen molar-refractivity contribution in [3.8, 4) is 0 Å². The molecule has 0 aromatic heterocycles. The molecule has 3 nitrogen and oxygen atoms in total. The van der Waals surface area contributed by atoms with Gasteiger partial charge in [-0.25, -0.2) is 0 Å². The second kappa shape index (κ2) is 8.50. The monoisotopic (exact) mass is 407 g/mol. The molecule has 0 aliphatic heterocycles. The van der Waals surface area contributed by atoms with Crippen LogP contribution in [0.25, 0.3) is 0 Å². The minimum absolute atomic E-state index is 0.0525. The standard InChI is InChI=1S/C19H21F6N2O/c20-18(21,22)27(19(23,24)25,12-15-9-5-2-6-10-15)13-17(28)16(26)11-14-7-3-1-4-8-14/h1-10,16-17,28H,11-13,26H2/q+1/t16-,17+/m0/s1. The van der Waals surface area contributed by atoms with Gasteiger partial charge >= 0.3 is 12.6 Å². The Bertz CT molecular complexity index is 720. The van der Waals surface area contributed by atoms with Crippen LogP contribution in [0.5, 0.6) is 0 Å². The third kappa shape index (κ3) is 5.03. The lowest BCUT2D eigenvalue weighted by atomic mass is 10.0. The summed E-state index contributed by atoms with van der Waals surface area (Å²) >= 11 is 0. The number of quaternary nitrogens is 1. The van der Waals surface area contributed by atoms with E-state index in [2.05, 4.69) is 0 Å². The zero-order chi connectivity index (χ0) is 21.0. The van der Waals surface area contributed by atoms with E-state index in [9.17, 15) is 31.4 Å². The van der Waals surface area contributed by atoms with E-state index in [4.69, 9.17) is 5.73 Å². The second-order valence-electron chi connectivity index (χ2n) is 6.65. The lowest BCUT2D eigenvalue weighted by Gasteiger charge is -2.41. The molecule has 3 N–H and O–H groups in total. The molecular formula is C19H21F6N2O+. The molecule has 0 spiro atoms. The molecule has 0 heterocycles. The van der Waals surface area contributed by atoms with Crippen LogP contribution in [0, 0.1) is 0 Å². The molecule has 0 saturated carbocycles. The van der Waals surface area contributed by atoms with Crippen molar-refractivity contribution in [3.05, 3.63) is 71.8 Å². The molecule has 0 fully saturated rings. The van der Waals surface area contributed by atoms with E-state index in [1.165, 1.54) is 30.3 Å². The summed E-state index contributed by atoms with van der Waals surface area (Å²) in [5, 5.41) is 10.2. The Hall–Kier alpha value is -2.10. The molecule has 2 atom stereocenters. The van der Waals surface area contributed by atoms with Crippen molar-refractivity contribution in [1.82, 2.24) is 0 Å². The van der Waals surface area contributed by atoms with Gasteiger partial charge in [-0.3, -0.25) is 0 Å². The van der Waals surface area contributed by atoms with Crippen molar-refractivity contribution < 1.29 is 35.9 Å². The number of benzene rings is 2. The van der Waals surface area contributed by atoms with E-state index in [1.807, 2.05) is 0 Å². The number of alkyl halides is 6. The number of aliphatic hydroxyl groups excluding tert-OH is 1. The van der Waals surface area contributed by atoms with Gasteiger partial charge in [-0.15, -0.1) is 30.8 Å². The molecule has 0 amide bonds. The maximum Gasteiger partial charge on any atom is 0.568 e. The van der Waals surface area contributed by atoms with E-state index in [1.54, 1.807) is 30.3 Å². The van der Waals surface area contributed by atoms with E-state index < -0.39 is 42.3 Å². The average Bonchev–Trinajstić information content (AvgIpc) is 2.60. The molecule has 2 rings (SSSR count). The summed E-state index contributed by atoms with van der Waals surface area (Å²) in [6.45, 7) is -3.02.